The standard InChI is InChI=1S/C30H43NO2S/c1-4-7-8-23-9-11-24(12-10-23)13-15-26-16-17-27(31(26)22-32)25-14-18-28-29(21-25)34-30(33-28,19-5-2)20-6-3/h9-12,14,18,21,26-27,32H,4-8,13,15-17,19-20,22H2,1-3H3. The van der Waals surface area contributed by atoms with Crippen LogP contribution in [-0.4, -0.2) is 27.7 Å². The maximum atomic E-state index is 10.3. The minimum atomic E-state index is -0.0918. The van der Waals surface area contributed by atoms with Gasteiger partial charge in [-0.3, -0.25) is 4.90 Å². The largest absolute Gasteiger partial charge is 0.475 e. The SMILES string of the molecule is CCCCc1ccc(CCC2CCC(c3ccc4c(c3)SC(CCC)(CCC)O4)N2CO)cc1. The maximum Gasteiger partial charge on any atom is 0.159 e. The number of hydrogen-bond acceptors (Lipinski definition) is 4. The number of aliphatic hydroxyl groups is 1. The predicted octanol–water partition coefficient (Wildman–Crippen LogP) is 7.90. The molecule has 0 amide bonds. The fourth-order valence-electron chi connectivity index (χ4n) is 5.81. The molecule has 2 aliphatic heterocycles. The van der Waals surface area contributed by atoms with E-state index in [1.54, 1.807) is 0 Å². The van der Waals surface area contributed by atoms with Crippen molar-refractivity contribution >= 4 is 11.8 Å². The number of rotatable bonds is 12. The number of nitrogens with zero attached hydrogens (tertiary/aromatic N) is 1. The number of aryl methyl sites for hydroxylation is 2. The van der Waals surface area contributed by atoms with E-state index in [-0.39, 0.29) is 11.7 Å². The highest BCUT2D eigenvalue weighted by atomic mass is 32.2. The maximum absolute atomic E-state index is 10.3. The van der Waals surface area contributed by atoms with Crippen molar-refractivity contribution in [2.75, 3.05) is 6.73 Å². The summed E-state index contributed by atoms with van der Waals surface area (Å²) >= 11 is 1.93. The zero-order chi connectivity index (χ0) is 24.0. The van der Waals surface area contributed by atoms with Crippen LogP contribution in [0.1, 0.15) is 101 Å². The smallest absolute Gasteiger partial charge is 0.159 e. The van der Waals surface area contributed by atoms with Gasteiger partial charge >= 0.3 is 0 Å². The van der Waals surface area contributed by atoms with E-state index < -0.39 is 0 Å². The number of hydrogen-bond donors (Lipinski definition) is 1. The summed E-state index contributed by atoms with van der Waals surface area (Å²) in [5.41, 5.74) is 4.19. The van der Waals surface area contributed by atoms with Crippen LogP contribution in [0.25, 0.3) is 0 Å². The summed E-state index contributed by atoms with van der Waals surface area (Å²) < 4.78 is 6.48. The van der Waals surface area contributed by atoms with Gasteiger partial charge in [0.1, 0.15) is 5.75 Å². The Bertz CT molecular complexity index is 907. The third-order valence-corrected chi connectivity index (χ3v) is 9.02. The highest BCUT2D eigenvalue weighted by molar-refractivity contribution is 8.00. The van der Waals surface area contributed by atoms with Crippen molar-refractivity contribution in [3.05, 3.63) is 59.2 Å². The molecule has 2 aliphatic rings. The number of unbranched alkanes of at least 4 members (excludes halogenated alkanes) is 1. The van der Waals surface area contributed by atoms with Gasteiger partial charge in [0.15, 0.2) is 4.93 Å². The van der Waals surface area contributed by atoms with E-state index in [1.165, 1.54) is 40.8 Å². The first-order valence-electron chi connectivity index (χ1n) is 13.6. The Morgan fingerprint density at radius 2 is 1.65 bits per heavy atom. The number of benzene rings is 2. The number of likely N-dealkylation sites (tertiary alicyclic amines) is 1. The average molecular weight is 482 g/mol. The van der Waals surface area contributed by atoms with Crippen LogP contribution in [0, 0.1) is 0 Å². The molecule has 2 atom stereocenters. The quantitative estimate of drug-likeness (QED) is 0.334. The highest BCUT2D eigenvalue weighted by Gasteiger charge is 2.40. The first-order chi connectivity index (χ1) is 16.6. The average Bonchev–Trinajstić information content (AvgIpc) is 3.42. The Labute approximate surface area is 211 Å². The van der Waals surface area contributed by atoms with Crippen molar-refractivity contribution in [3.63, 3.8) is 0 Å². The Morgan fingerprint density at radius 1 is 0.941 bits per heavy atom. The van der Waals surface area contributed by atoms with Gasteiger partial charge in [-0.25, -0.2) is 0 Å². The second-order valence-electron chi connectivity index (χ2n) is 10.2. The van der Waals surface area contributed by atoms with E-state index in [1.807, 2.05) is 11.8 Å². The fraction of sp³-hybridized carbons (Fsp3) is 0.600. The van der Waals surface area contributed by atoms with E-state index >= 15 is 0 Å². The van der Waals surface area contributed by atoms with Crippen molar-refractivity contribution in [3.8, 4) is 5.75 Å². The topological polar surface area (TPSA) is 32.7 Å². The molecule has 0 saturated carbocycles. The molecular weight excluding hydrogens is 438 g/mol. The molecule has 2 aromatic rings. The van der Waals surface area contributed by atoms with Gasteiger partial charge in [0.05, 0.1) is 11.6 Å². The summed E-state index contributed by atoms with van der Waals surface area (Å²) in [4.78, 5) is 3.51. The summed E-state index contributed by atoms with van der Waals surface area (Å²) in [5, 5.41) is 10.3. The molecule has 2 aromatic carbocycles. The van der Waals surface area contributed by atoms with Crippen LogP contribution in [0.3, 0.4) is 0 Å². The van der Waals surface area contributed by atoms with Crippen molar-refractivity contribution in [1.29, 1.82) is 0 Å². The molecule has 2 unspecified atom stereocenters. The lowest BCUT2D eigenvalue weighted by molar-refractivity contribution is 0.0596. The zero-order valence-corrected chi connectivity index (χ0v) is 22.2. The van der Waals surface area contributed by atoms with E-state index in [9.17, 15) is 5.11 Å². The van der Waals surface area contributed by atoms with E-state index in [0.717, 1.165) is 57.1 Å². The lowest BCUT2D eigenvalue weighted by atomic mass is 10.0. The molecule has 1 N–H and O–H groups in total. The fourth-order valence-corrected chi connectivity index (χ4v) is 7.36. The van der Waals surface area contributed by atoms with Gasteiger partial charge in [-0.2, -0.15) is 0 Å². The Morgan fingerprint density at radius 3 is 2.29 bits per heavy atom. The molecular formula is C30H43NO2S. The third kappa shape index (κ3) is 5.83. The molecule has 186 valence electrons. The van der Waals surface area contributed by atoms with Gasteiger partial charge in [-0.1, -0.05) is 82.1 Å². The van der Waals surface area contributed by atoms with Crippen molar-refractivity contribution in [1.82, 2.24) is 4.90 Å². The molecule has 0 aliphatic carbocycles. The second-order valence-corrected chi connectivity index (χ2v) is 11.6. The van der Waals surface area contributed by atoms with Gasteiger partial charge in [-0.05, 0) is 80.2 Å². The van der Waals surface area contributed by atoms with Crippen LogP contribution < -0.4 is 4.74 Å². The molecule has 1 fully saturated rings. The van der Waals surface area contributed by atoms with Crippen molar-refractivity contribution in [2.45, 2.75) is 113 Å². The molecule has 2 heterocycles. The Balaban J connectivity index is 1.39. The van der Waals surface area contributed by atoms with Gasteiger partial charge in [-0.15, -0.1) is 0 Å². The zero-order valence-electron chi connectivity index (χ0n) is 21.4. The van der Waals surface area contributed by atoms with Crippen LogP contribution >= 0.6 is 11.8 Å². The van der Waals surface area contributed by atoms with E-state index in [4.69, 9.17) is 4.74 Å². The number of aliphatic hydroxyl groups excluding tert-OH is 1. The van der Waals surface area contributed by atoms with Crippen LogP contribution in [0.2, 0.25) is 0 Å². The van der Waals surface area contributed by atoms with Crippen LogP contribution in [0.5, 0.6) is 5.75 Å². The minimum absolute atomic E-state index is 0.0918. The first-order valence-corrected chi connectivity index (χ1v) is 14.4. The summed E-state index contributed by atoms with van der Waals surface area (Å²) in [6.07, 6.45) is 12.6. The lowest BCUT2D eigenvalue weighted by Crippen LogP contribution is -2.32. The van der Waals surface area contributed by atoms with Crippen LogP contribution in [-0.2, 0) is 12.8 Å². The lowest BCUT2D eigenvalue weighted by Gasteiger charge is -2.28. The molecule has 3 nitrogen and oxygen atoms in total. The third-order valence-electron chi connectivity index (χ3n) is 7.62. The summed E-state index contributed by atoms with van der Waals surface area (Å²) in [5.74, 6) is 1.04. The minimum Gasteiger partial charge on any atom is -0.475 e. The number of thioether (sulfide) groups is 1. The highest BCUT2D eigenvalue weighted by Crippen LogP contribution is 2.53. The van der Waals surface area contributed by atoms with Crippen molar-refractivity contribution in [2.24, 2.45) is 0 Å². The van der Waals surface area contributed by atoms with Crippen LogP contribution in [0.4, 0.5) is 0 Å². The van der Waals surface area contributed by atoms with E-state index in [2.05, 4.69) is 68.1 Å². The van der Waals surface area contributed by atoms with Crippen molar-refractivity contribution < 1.29 is 9.84 Å². The first kappa shape index (κ1) is 25.6. The molecule has 4 rings (SSSR count). The predicted molar refractivity (Wildman–Crippen MR) is 144 cm³/mol. The molecule has 4 heteroatoms. The normalized spacial score (nSPS) is 21.5. The van der Waals surface area contributed by atoms with E-state index in [0.29, 0.717) is 12.1 Å². The number of fused-ring (bicyclic) bond motifs is 1. The van der Waals surface area contributed by atoms with Gasteiger partial charge in [0.25, 0.3) is 0 Å². The molecule has 34 heavy (non-hydrogen) atoms. The Hall–Kier alpha value is -1.49. The second kappa shape index (κ2) is 12.0. The molecule has 1 saturated heterocycles. The summed E-state index contributed by atoms with van der Waals surface area (Å²) in [6, 6.07) is 16.7. The molecule has 0 radical (unpaired) electrons. The number of ether oxygens (including phenoxy) is 1. The monoisotopic (exact) mass is 481 g/mol. The Kier molecular flexibility index (Phi) is 9.01. The molecule has 0 bridgehead atoms. The van der Waals surface area contributed by atoms with Crippen LogP contribution in [0.15, 0.2) is 47.4 Å². The van der Waals surface area contributed by atoms with Gasteiger partial charge in [0, 0.05) is 12.1 Å². The van der Waals surface area contributed by atoms with Gasteiger partial charge in [0.2, 0.25) is 0 Å². The molecule has 0 aromatic heterocycles. The van der Waals surface area contributed by atoms with Gasteiger partial charge < -0.3 is 9.84 Å². The summed E-state index contributed by atoms with van der Waals surface area (Å²) in [6.45, 7) is 6.86. The summed E-state index contributed by atoms with van der Waals surface area (Å²) in [7, 11) is 0. The molecule has 0 spiro atoms.